The van der Waals surface area contributed by atoms with Gasteiger partial charge in [-0.05, 0) is 37.5 Å². The van der Waals surface area contributed by atoms with Crippen LogP contribution in [0.15, 0.2) is 18.2 Å². The number of esters is 1. The van der Waals surface area contributed by atoms with Gasteiger partial charge in [0.05, 0.1) is 16.5 Å². The van der Waals surface area contributed by atoms with Gasteiger partial charge >= 0.3 is 12.0 Å². The van der Waals surface area contributed by atoms with E-state index in [0.717, 1.165) is 12.8 Å². The lowest BCUT2D eigenvalue weighted by Gasteiger charge is -2.13. The number of ether oxygens (including phenoxy) is 1. The standard InChI is InChI=1S/C15H16Cl2N2O4/c1-8(14(21)19-15(22)18-10-3-4-10)23-13(20)7-9-2-5-11(16)12(17)6-9/h2,5-6,8,10H,3-4,7H2,1H3,(H2,18,19,21,22). The second-order valence-electron chi connectivity index (χ2n) is 5.29. The molecule has 8 heteroatoms. The van der Waals surface area contributed by atoms with Gasteiger partial charge in [0.15, 0.2) is 6.10 Å². The molecular formula is C15H16Cl2N2O4. The first-order valence-electron chi connectivity index (χ1n) is 7.10. The topological polar surface area (TPSA) is 84.5 Å². The van der Waals surface area contributed by atoms with Gasteiger partial charge in [-0.25, -0.2) is 4.79 Å². The summed E-state index contributed by atoms with van der Waals surface area (Å²) in [4.78, 5) is 35.0. The molecule has 1 saturated carbocycles. The summed E-state index contributed by atoms with van der Waals surface area (Å²) < 4.78 is 5.00. The molecule has 1 aliphatic carbocycles. The van der Waals surface area contributed by atoms with Crippen molar-refractivity contribution in [3.63, 3.8) is 0 Å². The Kier molecular flexibility index (Phi) is 5.85. The average Bonchev–Trinajstić information content (AvgIpc) is 3.26. The molecule has 2 rings (SSSR count). The van der Waals surface area contributed by atoms with Gasteiger partial charge in [0.2, 0.25) is 0 Å². The molecule has 0 radical (unpaired) electrons. The maximum atomic E-state index is 11.8. The number of hydrogen-bond acceptors (Lipinski definition) is 4. The van der Waals surface area contributed by atoms with E-state index >= 15 is 0 Å². The number of carbonyl (C=O) groups is 3. The van der Waals surface area contributed by atoms with Crippen molar-refractivity contribution in [3.05, 3.63) is 33.8 Å². The molecule has 1 aliphatic rings. The molecule has 3 amide bonds. The van der Waals surface area contributed by atoms with Gasteiger partial charge in [0.1, 0.15) is 0 Å². The number of imide groups is 1. The van der Waals surface area contributed by atoms with Crippen molar-refractivity contribution in [2.75, 3.05) is 0 Å². The molecule has 124 valence electrons. The van der Waals surface area contributed by atoms with Crippen molar-refractivity contribution in [1.29, 1.82) is 0 Å². The molecule has 0 aliphatic heterocycles. The largest absolute Gasteiger partial charge is 0.452 e. The van der Waals surface area contributed by atoms with Crippen LogP contribution in [0.25, 0.3) is 0 Å². The maximum absolute atomic E-state index is 11.8. The maximum Gasteiger partial charge on any atom is 0.321 e. The van der Waals surface area contributed by atoms with Crippen LogP contribution < -0.4 is 10.6 Å². The fourth-order valence-electron chi connectivity index (χ4n) is 1.77. The first-order chi connectivity index (χ1) is 10.8. The Balaban J connectivity index is 1.79. The van der Waals surface area contributed by atoms with Crippen molar-refractivity contribution in [2.24, 2.45) is 0 Å². The Morgan fingerprint density at radius 2 is 1.96 bits per heavy atom. The van der Waals surface area contributed by atoms with Crippen LogP contribution in [0.5, 0.6) is 0 Å². The molecule has 0 aromatic heterocycles. The zero-order chi connectivity index (χ0) is 17.0. The summed E-state index contributed by atoms with van der Waals surface area (Å²) in [6.07, 6.45) is 0.698. The quantitative estimate of drug-likeness (QED) is 0.791. The third-order valence-corrected chi connectivity index (χ3v) is 3.90. The monoisotopic (exact) mass is 358 g/mol. The number of urea groups is 1. The normalized spacial score (nSPS) is 14.7. The van der Waals surface area contributed by atoms with Gasteiger partial charge < -0.3 is 10.1 Å². The second kappa shape index (κ2) is 7.66. The van der Waals surface area contributed by atoms with Crippen molar-refractivity contribution < 1.29 is 19.1 Å². The number of hydrogen-bond donors (Lipinski definition) is 2. The summed E-state index contributed by atoms with van der Waals surface area (Å²) in [5, 5.41) is 5.46. The lowest BCUT2D eigenvalue weighted by atomic mass is 10.1. The molecule has 1 atom stereocenters. The molecule has 0 spiro atoms. The Morgan fingerprint density at radius 3 is 2.57 bits per heavy atom. The van der Waals surface area contributed by atoms with E-state index in [2.05, 4.69) is 10.6 Å². The first kappa shape index (κ1) is 17.6. The SMILES string of the molecule is CC(OC(=O)Cc1ccc(Cl)c(Cl)c1)C(=O)NC(=O)NC1CC1. The van der Waals surface area contributed by atoms with E-state index in [4.69, 9.17) is 27.9 Å². The molecule has 1 unspecified atom stereocenters. The highest BCUT2D eigenvalue weighted by Gasteiger charge is 2.26. The van der Waals surface area contributed by atoms with Gasteiger partial charge in [-0.15, -0.1) is 0 Å². The molecule has 23 heavy (non-hydrogen) atoms. The summed E-state index contributed by atoms with van der Waals surface area (Å²) >= 11 is 11.7. The molecular weight excluding hydrogens is 343 g/mol. The number of nitrogens with one attached hydrogen (secondary N) is 2. The Labute approximate surface area is 143 Å². The van der Waals surface area contributed by atoms with Crippen molar-refractivity contribution in [1.82, 2.24) is 10.6 Å². The number of rotatable bonds is 5. The van der Waals surface area contributed by atoms with E-state index in [-0.39, 0.29) is 12.5 Å². The molecule has 6 nitrogen and oxygen atoms in total. The Bertz CT molecular complexity index is 632. The fraction of sp³-hybridized carbons (Fsp3) is 0.400. The van der Waals surface area contributed by atoms with Crippen molar-refractivity contribution >= 4 is 41.1 Å². The van der Waals surface area contributed by atoms with Crippen LogP contribution in [0.3, 0.4) is 0 Å². The summed E-state index contributed by atoms with van der Waals surface area (Å²) in [5.74, 6) is -1.28. The van der Waals surface area contributed by atoms with Crippen LogP contribution in [0, 0.1) is 0 Å². The zero-order valence-electron chi connectivity index (χ0n) is 12.4. The molecule has 1 aromatic rings. The lowest BCUT2D eigenvalue weighted by molar-refractivity contribution is -0.153. The van der Waals surface area contributed by atoms with E-state index in [9.17, 15) is 14.4 Å². The summed E-state index contributed by atoms with van der Waals surface area (Å²) in [7, 11) is 0. The van der Waals surface area contributed by atoms with E-state index in [0.29, 0.717) is 15.6 Å². The van der Waals surface area contributed by atoms with Gasteiger partial charge in [-0.3, -0.25) is 14.9 Å². The van der Waals surface area contributed by atoms with Gasteiger partial charge in [0.25, 0.3) is 5.91 Å². The molecule has 2 N–H and O–H groups in total. The number of amides is 3. The lowest BCUT2D eigenvalue weighted by Crippen LogP contribution is -2.45. The average molecular weight is 359 g/mol. The molecule has 1 fully saturated rings. The first-order valence-corrected chi connectivity index (χ1v) is 7.85. The van der Waals surface area contributed by atoms with E-state index in [1.54, 1.807) is 18.2 Å². The molecule has 0 bridgehead atoms. The van der Waals surface area contributed by atoms with Crippen LogP contribution in [0.4, 0.5) is 4.79 Å². The second-order valence-corrected chi connectivity index (χ2v) is 6.11. The molecule has 1 aromatic carbocycles. The van der Waals surface area contributed by atoms with Crippen LogP contribution in [0.1, 0.15) is 25.3 Å². The number of halogens is 2. The zero-order valence-corrected chi connectivity index (χ0v) is 13.9. The van der Waals surface area contributed by atoms with Crippen LogP contribution in [-0.4, -0.2) is 30.1 Å². The third-order valence-electron chi connectivity index (χ3n) is 3.16. The van der Waals surface area contributed by atoms with Crippen LogP contribution in [0.2, 0.25) is 10.0 Å². The van der Waals surface area contributed by atoms with Gasteiger partial charge in [-0.1, -0.05) is 29.3 Å². The summed E-state index contributed by atoms with van der Waals surface area (Å²) in [6, 6.07) is 4.33. The van der Waals surface area contributed by atoms with E-state index in [1.165, 1.54) is 6.92 Å². The van der Waals surface area contributed by atoms with E-state index in [1.807, 2.05) is 0 Å². The van der Waals surface area contributed by atoms with Gasteiger partial charge in [0, 0.05) is 6.04 Å². The highest BCUT2D eigenvalue weighted by molar-refractivity contribution is 6.42. The Hall–Kier alpha value is -1.79. The minimum Gasteiger partial charge on any atom is -0.452 e. The predicted molar refractivity (Wildman–Crippen MR) is 85.4 cm³/mol. The smallest absolute Gasteiger partial charge is 0.321 e. The number of carbonyl (C=O) groups excluding carboxylic acids is 3. The number of benzene rings is 1. The van der Waals surface area contributed by atoms with Crippen molar-refractivity contribution in [3.8, 4) is 0 Å². The molecule has 0 heterocycles. The van der Waals surface area contributed by atoms with Crippen LogP contribution >= 0.6 is 23.2 Å². The van der Waals surface area contributed by atoms with E-state index < -0.39 is 24.0 Å². The minimum atomic E-state index is -1.07. The summed E-state index contributed by atoms with van der Waals surface area (Å²) in [5.41, 5.74) is 0.614. The fourth-order valence-corrected chi connectivity index (χ4v) is 2.09. The highest BCUT2D eigenvalue weighted by Crippen LogP contribution is 2.23. The molecule has 0 saturated heterocycles. The third kappa shape index (κ3) is 5.73. The Morgan fingerprint density at radius 1 is 1.26 bits per heavy atom. The van der Waals surface area contributed by atoms with Gasteiger partial charge in [-0.2, -0.15) is 0 Å². The minimum absolute atomic E-state index is 0.0528. The summed E-state index contributed by atoms with van der Waals surface area (Å²) in [6.45, 7) is 1.40. The highest BCUT2D eigenvalue weighted by atomic mass is 35.5. The van der Waals surface area contributed by atoms with Crippen molar-refractivity contribution in [2.45, 2.75) is 38.3 Å². The van der Waals surface area contributed by atoms with Crippen LogP contribution in [-0.2, 0) is 20.7 Å². The predicted octanol–water partition coefficient (Wildman–Crippen LogP) is 2.46.